The minimum Gasteiger partial charge on any atom is -0.307 e. The lowest BCUT2D eigenvalue weighted by molar-refractivity contribution is 0.239. The Kier molecular flexibility index (Phi) is 4.23. The van der Waals surface area contributed by atoms with E-state index in [1.807, 2.05) is 31.5 Å². The number of hydrogen-bond donors (Lipinski definition) is 2. The molecule has 17 heavy (non-hydrogen) atoms. The lowest BCUT2D eigenvalue weighted by atomic mass is 10.5. The van der Waals surface area contributed by atoms with Gasteiger partial charge in [0.05, 0.1) is 6.61 Å². The Bertz CT molecular complexity index is 330. The van der Waals surface area contributed by atoms with Gasteiger partial charge in [0.1, 0.15) is 0 Å². The molecule has 6 nitrogen and oxygen atoms in total. The summed E-state index contributed by atoms with van der Waals surface area (Å²) in [6, 6.07) is 0. The zero-order valence-electron chi connectivity index (χ0n) is 10.0. The highest BCUT2D eigenvalue weighted by Gasteiger charge is 2.27. The van der Waals surface area contributed by atoms with Gasteiger partial charge in [0.2, 0.25) is 0 Å². The average molecular weight is 258 g/mol. The summed E-state index contributed by atoms with van der Waals surface area (Å²) in [7, 11) is -3.07. The molecule has 2 heterocycles. The molecule has 0 saturated heterocycles. The quantitative estimate of drug-likeness (QED) is 0.705. The van der Waals surface area contributed by atoms with Gasteiger partial charge in [0.15, 0.2) is 0 Å². The average Bonchev–Trinajstić information content (AvgIpc) is 2.91. The van der Waals surface area contributed by atoms with Crippen LogP contribution in [0.25, 0.3) is 0 Å². The summed E-state index contributed by atoms with van der Waals surface area (Å²) in [5, 5.41) is 9.42. The summed E-state index contributed by atoms with van der Waals surface area (Å²) in [4.78, 5) is 0. The second-order valence-corrected chi connectivity index (χ2v) is 5.66. The van der Waals surface area contributed by atoms with Gasteiger partial charge < -0.3 is 14.5 Å². The molecule has 2 N–H and O–H groups in total. The summed E-state index contributed by atoms with van der Waals surface area (Å²) < 4.78 is 17.9. The third-order valence-electron chi connectivity index (χ3n) is 2.48. The van der Waals surface area contributed by atoms with Crippen LogP contribution in [-0.2, 0) is 9.09 Å². The Labute approximate surface area is 102 Å². The van der Waals surface area contributed by atoms with Crippen molar-refractivity contribution in [3.63, 3.8) is 0 Å². The summed E-state index contributed by atoms with van der Waals surface area (Å²) >= 11 is 0. The van der Waals surface area contributed by atoms with Crippen LogP contribution < -0.4 is 10.4 Å². The normalized spacial score (nSPS) is 19.6. The molecule has 0 saturated carbocycles. The molecule has 0 aromatic rings. The Hall–Kier alpha value is -0.810. The number of hydrogen-bond acceptors (Lipinski definition) is 4. The molecular weight excluding hydrogens is 239 g/mol. The van der Waals surface area contributed by atoms with E-state index in [0.29, 0.717) is 6.61 Å². The van der Waals surface area contributed by atoms with Crippen molar-refractivity contribution >= 4 is 7.67 Å². The zero-order chi connectivity index (χ0) is 12.1. The van der Waals surface area contributed by atoms with Gasteiger partial charge in [-0.3, -0.25) is 4.57 Å². The van der Waals surface area contributed by atoms with E-state index in [-0.39, 0.29) is 0 Å². The Balaban J connectivity index is 1.94. The topological polar surface area (TPSA) is 56.8 Å². The Morgan fingerprint density at radius 1 is 1.18 bits per heavy atom. The lowest BCUT2D eigenvalue weighted by Crippen LogP contribution is -2.40. The van der Waals surface area contributed by atoms with Crippen LogP contribution in [0.3, 0.4) is 0 Å². The summed E-state index contributed by atoms with van der Waals surface area (Å²) in [6.45, 7) is 3.85. The molecule has 0 fully saturated rings. The second-order valence-electron chi connectivity index (χ2n) is 3.90. The van der Waals surface area contributed by atoms with Crippen molar-refractivity contribution in [1.82, 2.24) is 20.4 Å². The molecule has 96 valence electrons. The summed E-state index contributed by atoms with van der Waals surface area (Å²) in [5.74, 6) is 0. The van der Waals surface area contributed by atoms with Crippen LogP contribution in [-0.4, -0.2) is 29.7 Å². The summed E-state index contributed by atoms with van der Waals surface area (Å²) in [5.41, 5.74) is 0. The lowest BCUT2D eigenvalue weighted by Gasteiger charge is -2.29. The summed E-state index contributed by atoms with van der Waals surface area (Å²) in [6.07, 6.45) is 9.74. The van der Waals surface area contributed by atoms with Crippen molar-refractivity contribution in [2.24, 2.45) is 0 Å². The molecule has 0 unspecified atom stereocenters. The second kappa shape index (κ2) is 5.69. The van der Waals surface area contributed by atoms with Crippen LogP contribution in [0.4, 0.5) is 0 Å². The molecule has 0 amide bonds. The predicted molar refractivity (Wildman–Crippen MR) is 66.4 cm³/mol. The SMILES string of the molecule is CCOP(=O)(NN1C=CCC1)NN1C=CCC1. The van der Waals surface area contributed by atoms with Crippen LogP contribution in [0, 0.1) is 0 Å². The maximum atomic E-state index is 12.5. The molecule has 0 bridgehead atoms. The van der Waals surface area contributed by atoms with E-state index < -0.39 is 7.67 Å². The van der Waals surface area contributed by atoms with Crippen LogP contribution in [0.2, 0.25) is 0 Å². The first-order valence-electron chi connectivity index (χ1n) is 5.89. The van der Waals surface area contributed by atoms with Gasteiger partial charge >= 0.3 is 7.67 Å². The van der Waals surface area contributed by atoms with Crippen molar-refractivity contribution in [3.8, 4) is 0 Å². The third kappa shape index (κ3) is 3.57. The molecule has 0 radical (unpaired) electrons. The first kappa shape index (κ1) is 12.6. The van der Waals surface area contributed by atoms with E-state index in [0.717, 1.165) is 25.9 Å². The highest BCUT2D eigenvalue weighted by atomic mass is 31.2. The van der Waals surface area contributed by atoms with E-state index >= 15 is 0 Å². The predicted octanol–water partition coefficient (Wildman–Crippen LogP) is 1.58. The number of hydrazine groups is 2. The molecule has 0 atom stereocenters. The van der Waals surface area contributed by atoms with Gasteiger partial charge in [0.25, 0.3) is 0 Å². The molecule has 2 aliphatic heterocycles. The largest absolute Gasteiger partial charge is 0.375 e. The van der Waals surface area contributed by atoms with Crippen molar-refractivity contribution in [2.45, 2.75) is 19.8 Å². The molecule has 7 heteroatoms. The van der Waals surface area contributed by atoms with Gasteiger partial charge in [-0.05, 0) is 19.8 Å². The fourth-order valence-electron chi connectivity index (χ4n) is 1.75. The maximum Gasteiger partial charge on any atom is 0.375 e. The first-order valence-corrected chi connectivity index (χ1v) is 7.51. The van der Waals surface area contributed by atoms with Crippen LogP contribution in [0.1, 0.15) is 19.8 Å². The Morgan fingerprint density at radius 3 is 2.06 bits per heavy atom. The van der Waals surface area contributed by atoms with Crippen LogP contribution in [0.5, 0.6) is 0 Å². The van der Waals surface area contributed by atoms with Gasteiger partial charge in [-0.25, -0.2) is 0 Å². The highest BCUT2D eigenvalue weighted by molar-refractivity contribution is 7.54. The number of rotatable bonds is 6. The fraction of sp³-hybridized carbons (Fsp3) is 0.600. The molecule has 0 aromatic carbocycles. The van der Waals surface area contributed by atoms with Crippen molar-refractivity contribution in [1.29, 1.82) is 0 Å². The first-order chi connectivity index (χ1) is 8.22. The van der Waals surface area contributed by atoms with E-state index in [4.69, 9.17) is 4.52 Å². The smallest absolute Gasteiger partial charge is 0.307 e. The zero-order valence-corrected chi connectivity index (χ0v) is 10.9. The molecule has 0 spiro atoms. The van der Waals surface area contributed by atoms with Crippen LogP contribution in [0.15, 0.2) is 24.6 Å². The van der Waals surface area contributed by atoms with Gasteiger partial charge in [0, 0.05) is 25.5 Å². The van der Waals surface area contributed by atoms with Crippen LogP contribution >= 0.6 is 7.67 Å². The van der Waals surface area contributed by atoms with Gasteiger partial charge in [-0.15, -0.1) is 10.4 Å². The molecule has 0 aliphatic carbocycles. The number of nitrogens with one attached hydrogen (secondary N) is 2. The monoisotopic (exact) mass is 258 g/mol. The molecular formula is C10H19N4O2P. The van der Waals surface area contributed by atoms with Gasteiger partial charge in [-0.1, -0.05) is 12.2 Å². The fourth-order valence-corrected chi connectivity index (χ4v) is 3.28. The van der Waals surface area contributed by atoms with E-state index in [1.165, 1.54) is 0 Å². The van der Waals surface area contributed by atoms with E-state index in [9.17, 15) is 4.57 Å². The number of nitrogens with zero attached hydrogens (tertiary/aromatic N) is 2. The van der Waals surface area contributed by atoms with Gasteiger partial charge in [-0.2, -0.15) is 0 Å². The molecule has 0 aromatic heterocycles. The highest BCUT2D eigenvalue weighted by Crippen LogP contribution is 2.39. The molecule has 2 aliphatic rings. The minimum absolute atomic E-state index is 0.395. The standard InChI is InChI=1S/C10H19N4O2P/c1-2-16-17(15,11-13-7-3-4-8-13)12-14-9-5-6-10-14/h3,5,7,9H,2,4,6,8,10H2,1H3,(H2,11,12,15). The Morgan fingerprint density at radius 2 is 1.71 bits per heavy atom. The third-order valence-corrected chi connectivity index (χ3v) is 4.14. The van der Waals surface area contributed by atoms with E-state index in [1.54, 1.807) is 10.0 Å². The maximum absolute atomic E-state index is 12.5. The van der Waals surface area contributed by atoms with Crippen molar-refractivity contribution in [2.75, 3.05) is 19.7 Å². The van der Waals surface area contributed by atoms with Crippen molar-refractivity contribution in [3.05, 3.63) is 24.6 Å². The molecule has 2 rings (SSSR count). The minimum atomic E-state index is -3.07. The van der Waals surface area contributed by atoms with E-state index in [2.05, 4.69) is 10.4 Å². The van der Waals surface area contributed by atoms with Crippen molar-refractivity contribution < 1.29 is 9.09 Å².